The zero-order valence-corrected chi connectivity index (χ0v) is 26.1. The van der Waals surface area contributed by atoms with Crippen molar-refractivity contribution in [2.24, 2.45) is 0 Å². The second-order valence-corrected chi connectivity index (χ2v) is 13.9. The number of hydrogen-bond donors (Lipinski definition) is 3. The van der Waals surface area contributed by atoms with Gasteiger partial charge < -0.3 is 14.8 Å². The lowest BCUT2D eigenvalue weighted by Gasteiger charge is -2.44. The standard InChI is InChI=1S/C28H56N4O3S2/c1-7-17-28(35-6,18-8-2)27(33)30-37-24-14-15-26(25(20-24)29-34)32(5)22(16-19-31(3)4)21-36-23-12-10-9-11-13-23/h22-26,29,34H,7-21H2,1-6H3,(H,30,33). The Hall–Kier alpha value is -0.0300. The Labute approximate surface area is 236 Å². The molecule has 7 nitrogen and oxygen atoms in total. The van der Waals surface area contributed by atoms with Crippen LogP contribution in [0.2, 0.25) is 0 Å². The highest BCUT2D eigenvalue weighted by Gasteiger charge is 2.39. The molecular formula is C28H56N4O3S2. The summed E-state index contributed by atoms with van der Waals surface area (Å²) in [4.78, 5) is 18.0. The van der Waals surface area contributed by atoms with Crippen LogP contribution in [-0.4, -0.2) is 95.7 Å². The van der Waals surface area contributed by atoms with Crippen LogP contribution < -0.4 is 10.2 Å². The molecule has 37 heavy (non-hydrogen) atoms. The van der Waals surface area contributed by atoms with Gasteiger partial charge in [0.15, 0.2) is 0 Å². The summed E-state index contributed by atoms with van der Waals surface area (Å²) in [5.74, 6) is 1.14. The van der Waals surface area contributed by atoms with Crippen molar-refractivity contribution < 1.29 is 14.7 Å². The van der Waals surface area contributed by atoms with E-state index in [-0.39, 0.29) is 23.2 Å². The van der Waals surface area contributed by atoms with Crippen LogP contribution in [0, 0.1) is 0 Å². The van der Waals surface area contributed by atoms with E-state index in [0.29, 0.717) is 6.04 Å². The second-order valence-electron chi connectivity index (χ2n) is 11.5. The average Bonchev–Trinajstić information content (AvgIpc) is 2.91. The summed E-state index contributed by atoms with van der Waals surface area (Å²) < 4.78 is 8.89. The van der Waals surface area contributed by atoms with Crippen LogP contribution in [0.1, 0.15) is 97.3 Å². The quantitative estimate of drug-likeness (QED) is 0.163. The molecule has 0 heterocycles. The number of amides is 1. The van der Waals surface area contributed by atoms with Gasteiger partial charge in [0.2, 0.25) is 0 Å². The zero-order valence-electron chi connectivity index (χ0n) is 24.5. The summed E-state index contributed by atoms with van der Waals surface area (Å²) >= 11 is 3.70. The maximum atomic E-state index is 13.1. The third-order valence-corrected chi connectivity index (χ3v) is 11.0. The molecule has 0 saturated heterocycles. The van der Waals surface area contributed by atoms with Crippen molar-refractivity contribution >= 4 is 29.6 Å². The molecular weight excluding hydrogens is 504 g/mol. The number of ether oxygens (including phenoxy) is 1. The first-order valence-electron chi connectivity index (χ1n) is 14.7. The van der Waals surface area contributed by atoms with Crippen molar-refractivity contribution in [2.75, 3.05) is 40.6 Å². The van der Waals surface area contributed by atoms with Gasteiger partial charge in [0.05, 0.1) is 0 Å². The first-order chi connectivity index (χ1) is 17.8. The van der Waals surface area contributed by atoms with Gasteiger partial charge in [0.1, 0.15) is 5.60 Å². The minimum absolute atomic E-state index is 0.00634. The molecule has 4 atom stereocenters. The minimum Gasteiger partial charge on any atom is -0.368 e. The third kappa shape index (κ3) is 10.5. The number of carbonyl (C=O) groups excluding carboxylic acids is 1. The molecule has 2 fully saturated rings. The molecule has 2 aliphatic rings. The largest absolute Gasteiger partial charge is 0.368 e. The zero-order chi connectivity index (χ0) is 27.3. The molecule has 0 aliphatic heterocycles. The van der Waals surface area contributed by atoms with Crippen molar-refractivity contribution in [3.63, 3.8) is 0 Å². The van der Waals surface area contributed by atoms with Gasteiger partial charge in [-0.25, -0.2) is 5.48 Å². The number of nitrogens with one attached hydrogen (secondary N) is 2. The average molecular weight is 561 g/mol. The maximum absolute atomic E-state index is 13.1. The van der Waals surface area contributed by atoms with Crippen LogP contribution in [0.4, 0.5) is 0 Å². The Morgan fingerprint density at radius 3 is 2.30 bits per heavy atom. The van der Waals surface area contributed by atoms with E-state index in [1.807, 2.05) is 0 Å². The lowest BCUT2D eigenvalue weighted by atomic mass is 9.88. The first-order valence-corrected chi connectivity index (χ1v) is 16.6. The molecule has 0 spiro atoms. The number of nitrogens with zero attached hydrogens (tertiary/aromatic N) is 2. The Morgan fingerprint density at radius 1 is 1.05 bits per heavy atom. The summed E-state index contributed by atoms with van der Waals surface area (Å²) in [5, 5.41) is 11.2. The monoisotopic (exact) mass is 560 g/mol. The van der Waals surface area contributed by atoms with E-state index in [4.69, 9.17) is 4.74 Å². The van der Waals surface area contributed by atoms with Crippen molar-refractivity contribution in [2.45, 2.75) is 132 Å². The fourth-order valence-electron chi connectivity index (χ4n) is 6.10. The van der Waals surface area contributed by atoms with Crippen LogP contribution in [0.25, 0.3) is 0 Å². The van der Waals surface area contributed by atoms with Gasteiger partial charge in [-0.1, -0.05) is 46.0 Å². The van der Waals surface area contributed by atoms with Crippen LogP contribution in [0.15, 0.2) is 0 Å². The van der Waals surface area contributed by atoms with Crippen molar-refractivity contribution in [3.05, 3.63) is 0 Å². The smallest absolute Gasteiger partial charge is 0.262 e. The summed E-state index contributed by atoms with van der Waals surface area (Å²) in [6.07, 6.45) is 14.2. The molecule has 1 amide bonds. The normalized spacial score (nSPS) is 24.5. The number of rotatable bonds is 17. The van der Waals surface area contributed by atoms with E-state index in [1.165, 1.54) is 44.1 Å². The highest BCUT2D eigenvalue weighted by Crippen LogP contribution is 2.34. The molecule has 2 aliphatic carbocycles. The Bertz CT molecular complexity index is 631. The Morgan fingerprint density at radius 2 is 1.73 bits per heavy atom. The number of thioether (sulfide) groups is 1. The number of carbonyl (C=O) groups is 1. The summed E-state index contributed by atoms with van der Waals surface area (Å²) in [6.45, 7) is 5.27. The molecule has 0 aromatic heterocycles. The van der Waals surface area contributed by atoms with Crippen molar-refractivity contribution in [1.82, 2.24) is 20.0 Å². The molecule has 218 valence electrons. The molecule has 0 aromatic carbocycles. The van der Waals surface area contributed by atoms with Gasteiger partial charge >= 0.3 is 0 Å². The number of likely N-dealkylation sites (N-methyl/N-ethyl adjacent to an activating group) is 1. The van der Waals surface area contributed by atoms with E-state index in [1.54, 1.807) is 7.11 Å². The minimum atomic E-state index is -0.738. The lowest BCUT2D eigenvalue weighted by molar-refractivity contribution is -0.143. The van der Waals surface area contributed by atoms with E-state index in [2.05, 4.69) is 66.8 Å². The van der Waals surface area contributed by atoms with Crippen molar-refractivity contribution in [1.29, 1.82) is 0 Å². The van der Waals surface area contributed by atoms with Crippen LogP contribution in [0.3, 0.4) is 0 Å². The van der Waals surface area contributed by atoms with E-state index in [0.717, 1.165) is 68.9 Å². The summed E-state index contributed by atoms with van der Waals surface area (Å²) in [7, 11) is 8.22. The fraction of sp³-hybridized carbons (Fsp3) is 0.964. The van der Waals surface area contributed by atoms with E-state index >= 15 is 0 Å². The van der Waals surface area contributed by atoms with Gasteiger partial charge in [0, 0.05) is 41.5 Å². The van der Waals surface area contributed by atoms with Gasteiger partial charge in [-0.15, -0.1) is 0 Å². The van der Waals surface area contributed by atoms with E-state index < -0.39 is 5.60 Å². The molecule has 0 bridgehead atoms. The predicted molar refractivity (Wildman–Crippen MR) is 159 cm³/mol. The first kappa shape index (κ1) is 33.2. The molecule has 2 saturated carbocycles. The highest BCUT2D eigenvalue weighted by atomic mass is 32.2. The Kier molecular flexibility index (Phi) is 15.8. The fourth-order valence-corrected chi connectivity index (χ4v) is 8.68. The molecule has 2 rings (SSSR count). The third-order valence-electron chi connectivity index (χ3n) is 8.45. The number of methoxy groups -OCH3 is 1. The summed E-state index contributed by atoms with van der Waals surface area (Å²) in [5.41, 5.74) is 1.91. The SMILES string of the molecule is CCCC(CCC)(OC)C(=O)NSC1CCC(N(C)C(CCN(C)C)CSC2CCCCC2)C(NO)C1. The van der Waals surface area contributed by atoms with Crippen LogP contribution in [-0.2, 0) is 9.53 Å². The summed E-state index contributed by atoms with van der Waals surface area (Å²) in [6, 6.07) is 0.771. The lowest BCUT2D eigenvalue weighted by Crippen LogP contribution is -2.56. The van der Waals surface area contributed by atoms with Crippen molar-refractivity contribution in [3.8, 4) is 0 Å². The van der Waals surface area contributed by atoms with Gasteiger partial charge in [-0.3, -0.25) is 14.4 Å². The molecule has 4 unspecified atom stereocenters. The topological polar surface area (TPSA) is 77.1 Å². The molecule has 0 aromatic rings. The van der Waals surface area contributed by atoms with Gasteiger partial charge in [-0.2, -0.15) is 11.8 Å². The maximum Gasteiger partial charge on any atom is 0.262 e. The van der Waals surface area contributed by atoms with Gasteiger partial charge in [-0.05, 0) is 91.0 Å². The van der Waals surface area contributed by atoms with Crippen LogP contribution >= 0.6 is 23.7 Å². The highest BCUT2D eigenvalue weighted by molar-refractivity contribution is 8.00. The van der Waals surface area contributed by atoms with Crippen LogP contribution in [0.5, 0.6) is 0 Å². The second kappa shape index (κ2) is 17.6. The number of hydrogen-bond acceptors (Lipinski definition) is 8. The predicted octanol–water partition coefficient (Wildman–Crippen LogP) is 5.32. The molecule has 0 radical (unpaired) electrons. The van der Waals surface area contributed by atoms with Gasteiger partial charge in [0.25, 0.3) is 5.91 Å². The Balaban J connectivity index is 1.96. The molecule has 9 heteroatoms. The van der Waals surface area contributed by atoms with E-state index in [9.17, 15) is 10.0 Å². The number of hydroxylamine groups is 1. The molecule has 3 N–H and O–H groups in total.